The minimum atomic E-state index is -1.40. The van der Waals surface area contributed by atoms with Crippen LogP contribution >= 0.6 is 46.2 Å². The summed E-state index contributed by atoms with van der Waals surface area (Å²) in [5.74, 6) is -10.2. The van der Waals surface area contributed by atoms with Gasteiger partial charge in [0.15, 0.2) is 11.8 Å². The van der Waals surface area contributed by atoms with Crippen molar-refractivity contribution < 1.29 is 58.8 Å². The van der Waals surface area contributed by atoms with Crippen molar-refractivity contribution in [1.82, 2.24) is 20.4 Å². The first-order valence-electron chi connectivity index (χ1n) is 14.9. The molecule has 2 aromatic rings. The summed E-state index contributed by atoms with van der Waals surface area (Å²) < 4.78 is -1.41. The second kappa shape index (κ2) is 18.4. The van der Waals surface area contributed by atoms with E-state index in [0.717, 1.165) is 0 Å². The zero-order valence-corrected chi connectivity index (χ0v) is 29.9. The molecule has 0 bridgehead atoms. The van der Waals surface area contributed by atoms with Crippen molar-refractivity contribution in [2.24, 2.45) is 0 Å². The van der Waals surface area contributed by atoms with E-state index >= 15 is 0 Å². The molecule has 16 nitrogen and oxygen atoms in total. The number of carbonyl (C=O) groups excluding carboxylic acids is 4. The van der Waals surface area contributed by atoms with Crippen molar-refractivity contribution in [3.05, 3.63) is 44.8 Å². The molecule has 0 radical (unpaired) electrons. The summed E-state index contributed by atoms with van der Waals surface area (Å²) in [6.45, 7) is 6.91. The van der Waals surface area contributed by atoms with Gasteiger partial charge in [-0.05, 0) is 72.5 Å². The van der Waals surface area contributed by atoms with E-state index in [1.807, 2.05) is 0 Å². The van der Waals surface area contributed by atoms with E-state index in [-0.39, 0.29) is 88.7 Å². The number of amides is 4. The van der Waals surface area contributed by atoms with Crippen molar-refractivity contribution in [2.75, 3.05) is 0 Å². The van der Waals surface area contributed by atoms with E-state index < -0.39 is 104 Å². The molecule has 6 N–H and O–H groups in total. The summed E-state index contributed by atoms with van der Waals surface area (Å²) >= 11 is 5.12. The molecule has 0 aromatic carbocycles. The quantitative estimate of drug-likeness (QED) is 0.0970. The summed E-state index contributed by atoms with van der Waals surface area (Å²) in [6.07, 6.45) is 0. The first kappa shape index (κ1) is 48.0. The van der Waals surface area contributed by atoms with Crippen LogP contribution in [0.3, 0.4) is 0 Å². The monoisotopic (exact) mass is 840 g/mol. The fourth-order valence-corrected chi connectivity index (χ4v) is 11.1. The molecule has 274 valence electrons. The third-order valence-corrected chi connectivity index (χ3v) is 13.3. The maximum absolute atomic E-state index is 12.4. The average molecular weight is 841 g/mol. The molecule has 0 saturated carbocycles. The molecule has 0 spiro atoms. The Morgan fingerprint density at radius 3 is 1.21 bits per heavy atom. The normalized spacial score (nSPS) is 26.4. The van der Waals surface area contributed by atoms with E-state index in [9.17, 15) is 58.8 Å². The number of hydrogen-bond donors (Lipinski definition) is 6. The van der Waals surface area contributed by atoms with Gasteiger partial charge in [0, 0.05) is 9.49 Å². The van der Waals surface area contributed by atoms with Gasteiger partial charge in [-0.1, -0.05) is 0 Å². The van der Waals surface area contributed by atoms with Gasteiger partial charge in [0.25, 0.3) is 0 Å². The number of nitrogens with zero attached hydrogens (tertiary/aromatic N) is 2. The average Bonchev–Trinajstić information content (AvgIpc) is 3.80. The Balaban J connectivity index is 0.000000347. The topological polar surface area (TPSA) is 248 Å². The number of carboxylic acid groups (broad SMARTS) is 4. The van der Waals surface area contributed by atoms with Crippen LogP contribution in [0.4, 0.5) is 0 Å². The number of β-lactam (4-membered cyclic amide) rings is 2. The van der Waals surface area contributed by atoms with Gasteiger partial charge in [0.1, 0.15) is 34.9 Å². The fraction of sp³-hybridized carbons (Fsp3) is 0.467. The molecule has 4 aliphatic rings. The van der Waals surface area contributed by atoms with Crippen LogP contribution in [0.2, 0.25) is 0 Å². The molecule has 6 rings (SSSR count). The van der Waals surface area contributed by atoms with Gasteiger partial charge in [-0.15, -0.1) is 23.5 Å². The Kier molecular flexibility index (Phi) is 16.7. The number of rotatable bonds is 10. The summed E-state index contributed by atoms with van der Waals surface area (Å²) in [4.78, 5) is 97.8. The Labute approximate surface area is 385 Å². The van der Waals surface area contributed by atoms with Gasteiger partial charge in [-0.3, -0.25) is 28.8 Å². The van der Waals surface area contributed by atoms with Crippen molar-refractivity contribution in [2.45, 2.75) is 83.9 Å². The number of aliphatic carboxylic acids is 4. The van der Waals surface area contributed by atoms with Crippen LogP contribution in [0.25, 0.3) is 0 Å². The van der Waals surface area contributed by atoms with Crippen molar-refractivity contribution in [3.8, 4) is 0 Å². The van der Waals surface area contributed by atoms with Gasteiger partial charge >= 0.3 is 113 Å². The fourth-order valence-electron chi connectivity index (χ4n) is 6.45. The Bertz CT molecular complexity index is 1640. The standard InChI is InChI=1S/2C15H16N2O6S2.3Na.3H/c2*1-15(2)9(14(22)23)17-11(19)8(12(17)25-15)16-10(18)7(13(20)21)6-3-4-24-5-6;;;;;;/h2*3-5,7-9,12H,1-2H3,(H,16,18)(H,20,21)(H,22,23);;;;;;/t7?,8-,9+,12-;7-,8-,9+,12-;;;;;;/m11....../s1. The minimum absolute atomic E-state index is 0. The van der Waals surface area contributed by atoms with Crippen molar-refractivity contribution in [3.63, 3.8) is 0 Å². The molecule has 2 aromatic heterocycles. The van der Waals surface area contributed by atoms with E-state index in [1.54, 1.807) is 61.3 Å². The number of fused-ring (bicyclic) bond motifs is 2. The Hall–Kier alpha value is -1.14. The van der Waals surface area contributed by atoms with Gasteiger partial charge in [-0.2, -0.15) is 22.7 Å². The van der Waals surface area contributed by atoms with Crippen LogP contribution in [0.1, 0.15) is 50.7 Å². The number of thiophene rings is 2. The molecule has 23 heteroatoms. The second-order valence-electron chi connectivity index (χ2n) is 12.8. The zero-order valence-electron chi connectivity index (χ0n) is 26.7. The van der Waals surface area contributed by atoms with Crippen LogP contribution in [0, 0.1) is 0 Å². The van der Waals surface area contributed by atoms with Gasteiger partial charge < -0.3 is 40.9 Å². The number of carbonyl (C=O) groups is 8. The molecule has 53 heavy (non-hydrogen) atoms. The molecular formula is C30H35N4Na3O12S4. The van der Waals surface area contributed by atoms with Gasteiger partial charge in [-0.25, -0.2) is 9.59 Å². The van der Waals surface area contributed by atoms with Crippen molar-refractivity contribution in [1.29, 1.82) is 0 Å². The molecular weight excluding hydrogens is 806 g/mol. The second-order valence-corrected chi connectivity index (χ2v) is 17.9. The first-order chi connectivity index (χ1) is 23.3. The van der Waals surface area contributed by atoms with Crippen LogP contribution in [0.15, 0.2) is 33.7 Å². The summed E-state index contributed by atoms with van der Waals surface area (Å²) in [5, 5.41) is 47.8. The molecule has 4 aliphatic heterocycles. The number of thioether (sulfide) groups is 2. The van der Waals surface area contributed by atoms with Crippen LogP contribution in [0.5, 0.6) is 0 Å². The maximum atomic E-state index is 12.4. The third-order valence-electron chi connectivity index (χ3n) is 8.72. The molecule has 6 heterocycles. The van der Waals surface area contributed by atoms with E-state index in [1.165, 1.54) is 56.0 Å². The van der Waals surface area contributed by atoms with E-state index in [0.29, 0.717) is 11.1 Å². The SMILES string of the molecule is CC1(C)S[C@@H]2[C@H](NC(=O)C(C(=O)O)c3ccsc3)C(=O)N2[C@H]1C(=O)O.CC1(C)S[C@@H]2[C@H](NC(=O)[C@H](C(=O)O)c3ccsc3)C(=O)N2[C@H]1C(=O)O.[NaH].[NaH].[NaH]. The molecule has 1 unspecified atom stereocenters. The predicted molar refractivity (Wildman–Crippen MR) is 202 cm³/mol. The van der Waals surface area contributed by atoms with Crippen LogP contribution < -0.4 is 10.6 Å². The number of hydrogen-bond acceptors (Lipinski definition) is 12. The summed E-state index contributed by atoms with van der Waals surface area (Å²) in [6, 6.07) is -0.689. The molecule has 8 atom stereocenters. The van der Waals surface area contributed by atoms with E-state index in [4.69, 9.17) is 0 Å². The molecule has 4 amide bonds. The number of carboxylic acids is 4. The van der Waals surface area contributed by atoms with E-state index in [2.05, 4.69) is 10.6 Å². The first-order valence-corrected chi connectivity index (χ1v) is 18.5. The molecule has 4 fully saturated rings. The molecule has 4 saturated heterocycles. The third kappa shape index (κ3) is 9.20. The predicted octanol–water partition coefficient (Wildman–Crippen LogP) is -0.849. The van der Waals surface area contributed by atoms with Crippen LogP contribution in [-0.2, 0) is 38.4 Å². The van der Waals surface area contributed by atoms with Crippen molar-refractivity contribution >= 4 is 182 Å². The Morgan fingerprint density at radius 2 is 0.962 bits per heavy atom. The van der Waals surface area contributed by atoms with Gasteiger partial charge in [0.2, 0.25) is 23.6 Å². The summed E-state index contributed by atoms with van der Waals surface area (Å²) in [5.41, 5.74) is 0.697. The zero-order chi connectivity index (χ0) is 37.0. The Morgan fingerprint density at radius 1 is 0.642 bits per heavy atom. The van der Waals surface area contributed by atoms with Gasteiger partial charge in [0.05, 0.1) is 0 Å². The summed E-state index contributed by atoms with van der Waals surface area (Å²) in [7, 11) is 0. The van der Waals surface area contributed by atoms with Crippen LogP contribution in [-0.4, -0.2) is 211 Å². The number of nitrogens with one attached hydrogen (secondary N) is 2. The molecule has 0 aliphatic carbocycles.